The Morgan fingerprint density at radius 3 is 1.21 bits per heavy atom. The van der Waals surface area contributed by atoms with Gasteiger partial charge >= 0.3 is 18.5 Å². The zero-order chi connectivity index (χ0) is 15.0. The summed E-state index contributed by atoms with van der Waals surface area (Å²) in [6.07, 6.45) is -22.5. The van der Waals surface area contributed by atoms with Crippen LogP contribution in [0.3, 0.4) is 0 Å². The fraction of sp³-hybridized carbons (Fsp3) is 0.875. The monoisotopic (exact) mass is 531 g/mol. The molecule has 0 nitrogen and oxygen atoms in total. The van der Waals surface area contributed by atoms with E-state index in [1.54, 1.807) is 0 Å². The normalized spacial score (nSPS) is 15.9. The molecule has 0 saturated heterocycles. The third-order valence-corrected chi connectivity index (χ3v) is 2.24. The molecule has 0 aliphatic carbocycles. The smallest absolute Gasteiger partial charge is 0.343 e. The second-order valence-electron chi connectivity index (χ2n) is 3.53. The van der Waals surface area contributed by atoms with E-state index in [0.29, 0.717) is 0 Å². The van der Waals surface area contributed by atoms with Crippen molar-refractivity contribution < 1.29 is 75.0 Å². The largest absolute Gasteiger partial charge is 0.431 e. The molecule has 1 atom stereocenters. The van der Waals surface area contributed by atoms with Crippen molar-refractivity contribution in [2.24, 2.45) is 5.92 Å². The molecule has 0 radical (unpaired) electrons. The van der Waals surface area contributed by atoms with Crippen LogP contribution in [0.4, 0.5) is 43.9 Å². The molecule has 0 aromatic heterocycles. The SMILES string of the molecule is [CH2-]CC(CC(F)(C(F)(F)F)C(F)(F)F)C(F)(F)F.[U]. The molecule has 0 saturated carbocycles. The third-order valence-electron chi connectivity index (χ3n) is 2.24. The van der Waals surface area contributed by atoms with Gasteiger partial charge in [0.15, 0.2) is 0 Å². The van der Waals surface area contributed by atoms with Crippen molar-refractivity contribution in [2.75, 3.05) is 0 Å². The fourth-order valence-electron chi connectivity index (χ4n) is 1.11. The summed E-state index contributed by atoms with van der Waals surface area (Å²) in [7, 11) is 0. The standard InChI is InChI=1S/C8H7F10.U/c1-2-4(6(10,11)12)3-5(9,7(13,14)15)8(16,17)18;/h4H,1-3H2;/q-1;. The van der Waals surface area contributed by atoms with Crippen LogP contribution in [0.15, 0.2) is 0 Å². The zero-order valence-corrected chi connectivity index (χ0v) is 13.1. The molecule has 0 aromatic carbocycles. The van der Waals surface area contributed by atoms with Gasteiger partial charge in [0.2, 0.25) is 0 Å². The van der Waals surface area contributed by atoms with Crippen LogP contribution in [0, 0.1) is 44.0 Å². The molecule has 0 bridgehead atoms. The summed E-state index contributed by atoms with van der Waals surface area (Å²) >= 11 is 0. The van der Waals surface area contributed by atoms with Crippen LogP contribution in [-0.2, 0) is 0 Å². The average molecular weight is 531 g/mol. The Morgan fingerprint density at radius 2 is 1.05 bits per heavy atom. The van der Waals surface area contributed by atoms with Gasteiger partial charge in [-0.25, -0.2) is 4.39 Å². The van der Waals surface area contributed by atoms with Crippen LogP contribution < -0.4 is 0 Å². The molecule has 0 rings (SSSR count). The van der Waals surface area contributed by atoms with Crippen molar-refractivity contribution in [1.29, 1.82) is 0 Å². The van der Waals surface area contributed by atoms with E-state index in [1.165, 1.54) is 0 Å². The number of hydrogen-bond acceptors (Lipinski definition) is 0. The molecule has 19 heavy (non-hydrogen) atoms. The van der Waals surface area contributed by atoms with E-state index in [0.717, 1.165) is 0 Å². The van der Waals surface area contributed by atoms with Crippen LogP contribution >= 0.6 is 0 Å². The Labute approximate surface area is 125 Å². The number of halogens is 10. The van der Waals surface area contributed by atoms with Crippen LogP contribution in [0.5, 0.6) is 0 Å². The molecule has 0 fully saturated rings. The van der Waals surface area contributed by atoms with Crippen molar-refractivity contribution in [2.45, 2.75) is 37.0 Å². The molecule has 1 unspecified atom stereocenters. The molecule has 0 spiro atoms. The van der Waals surface area contributed by atoms with Gasteiger partial charge in [-0.2, -0.15) is 45.9 Å². The second-order valence-corrected chi connectivity index (χ2v) is 3.53. The van der Waals surface area contributed by atoms with Crippen molar-refractivity contribution in [3.8, 4) is 0 Å². The van der Waals surface area contributed by atoms with Gasteiger partial charge in [0.25, 0.3) is 5.67 Å². The second kappa shape index (κ2) is 6.41. The van der Waals surface area contributed by atoms with Gasteiger partial charge in [0.05, 0.1) is 0 Å². The van der Waals surface area contributed by atoms with Gasteiger partial charge in [-0.15, -0.1) is 0 Å². The van der Waals surface area contributed by atoms with Crippen LogP contribution in [-0.4, -0.2) is 24.2 Å². The Kier molecular flexibility index (Phi) is 7.31. The van der Waals surface area contributed by atoms with Gasteiger partial charge in [0.1, 0.15) is 0 Å². The molecule has 114 valence electrons. The van der Waals surface area contributed by atoms with Gasteiger partial charge in [-0.05, 0) is 0 Å². The summed E-state index contributed by atoms with van der Waals surface area (Å²) < 4.78 is 121. The third kappa shape index (κ3) is 4.99. The molecular weight excluding hydrogens is 524 g/mol. The maximum absolute atomic E-state index is 13.0. The van der Waals surface area contributed by atoms with Gasteiger partial charge in [0, 0.05) is 43.5 Å². The molecule has 0 N–H and O–H groups in total. The predicted octanol–water partition coefficient (Wildman–Crippen LogP) is 4.61. The molecule has 0 aliphatic rings. The first-order valence-electron chi connectivity index (χ1n) is 4.35. The Balaban J connectivity index is 0. The number of hydrogen-bond donors (Lipinski definition) is 0. The van der Waals surface area contributed by atoms with E-state index >= 15 is 0 Å². The summed E-state index contributed by atoms with van der Waals surface area (Å²) in [5.41, 5.74) is -5.90. The minimum absolute atomic E-state index is 0. The summed E-state index contributed by atoms with van der Waals surface area (Å²) in [6, 6.07) is 0. The molecule has 0 amide bonds. The van der Waals surface area contributed by atoms with Crippen molar-refractivity contribution in [3.05, 3.63) is 6.92 Å². The average Bonchev–Trinajstić information content (AvgIpc) is 2.07. The summed E-state index contributed by atoms with van der Waals surface area (Å²) in [5.74, 6) is -3.13. The van der Waals surface area contributed by atoms with Gasteiger partial charge in [-0.1, -0.05) is 0 Å². The molecule has 11 heteroatoms. The zero-order valence-electron chi connectivity index (χ0n) is 8.98. The topological polar surface area (TPSA) is 0 Å². The van der Waals surface area contributed by atoms with E-state index < -0.39 is 43.0 Å². The van der Waals surface area contributed by atoms with Crippen molar-refractivity contribution in [1.82, 2.24) is 0 Å². The first-order chi connectivity index (χ1) is 7.67. The van der Waals surface area contributed by atoms with E-state index in [1.807, 2.05) is 0 Å². The van der Waals surface area contributed by atoms with Crippen molar-refractivity contribution >= 4 is 0 Å². The first-order valence-corrected chi connectivity index (χ1v) is 4.35. The van der Waals surface area contributed by atoms with Crippen molar-refractivity contribution in [3.63, 3.8) is 0 Å². The Bertz CT molecular complexity index is 261. The molecular formula is C8H7F10U-. The predicted molar refractivity (Wildman–Crippen MR) is 40.1 cm³/mol. The van der Waals surface area contributed by atoms with E-state index in [9.17, 15) is 43.9 Å². The fourth-order valence-corrected chi connectivity index (χ4v) is 1.11. The van der Waals surface area contributed by atoms with Gasteiger partial charge < -0.3 is 6.92 Å². The first kappa shape index (κ1) is 21.6. The van der Waals surface area contributed by atoms with E-state index in [2.05, 4.69) is 6.92 Å². The summed E-state index contributed by atoms with van der Waals surface area (Å²) in [4.78, 5) is 0. The van der Waals surface area contributed by atoms with Crippen LogP contribution in [0.25, 0.3) is 0 Å². The summed E-state index contributed by atoms with van der Waals surface area (Å²) in [6.45, 7) is 2.58. The minimum atomic E-state index is -6.48. The minimum Gasteiger partial charge on any atom is -0.343 e. The molecule has 0 heterocycles. The maximum atomic E-state index is 13.0. The van der Waals surface area contributed by atoms with Gasteiger partial charge in [-0.3, -0.25) is 0 Å². The summed E-state index contributed by atoms with van der Waals surface area (Å²) in [5, 5.41) is 0. The Morgan fingerprint density at radius 1 is 0.737 bits per heavy atom. The number of rotatable bonds is 3. The molecule has 0 aliphatic heterocycles. The maximum Gasteiger partial charge on any atom is 0.431 e. The Hall–Kier alpha value is 0.352. The van der Waals surface area contributed by atoms with Crippen LogP contribution in [0.2, 0.25) is 0 Å². The van der Waals surface area contributed by atoms with E-state index in [4.69, 9.17) is 0 Å². The quantitative estimate of drug-likeness (QED) is 0.369. The molecule has 0 aromatic rings. The van der Waals surface area contributed by atoms with Crippen LogP contribution in [0.1, 0.15) is 12.8 Å². The van der Waals surface area contributed by atoms with E-state index in [-0.39, 0.29) is 31.1 Å². The number of alkyl halides is 10.